The van der Waals surface area contributed by atoms with Gasteiger partial charge in [-0.25, -0.2) is 4.98 Å². The van der Waals surface area contributed by atoms with E-state index in [1.165, 1.54) is 4.88 Å². The average Bonchev–Trinajstić information content (AvgIpc) is 2.63. The highest BCUT2D eigenvalue weighted by molar-refractivity contribution is 7.18. The SMILES string of the molecule is CCNCC(C)n1cnc2sc(C)c(C)c2c1=O. The molecule has 0 saturated carbocycles. The van der Waals surface area contributed by atoms with Crippen LogP contribution >= 0.6 is 11.3 Å². The summed E-state index contributed by atoms with van der Waals surface area (Å²) >= 11 is 1.59. The molecule has 2 rings (SSSR count). The Morgan fingerprint density at radius 2 is 2.22 bits per heavy atom. The van der Waals surface area contributed by atoms with E-state index >= 15 is 0 Å². The van der Waals surface area contributed by atoms with Gasteiger partial charge in [0, 0.05) is 17.5 Å². The molecule has 98 valence electrons. The lowest BCUT2D eigenvalue weighted by molar-refractivity contribution is 0.486. The number of rotatable bonds is 4. The van der Waals surface area contributed by atoms with Gasteiger partial charge in [0.25, 0.3) is 5.56 Å². The Balaban J connectivity index is 2.50. The van der Waals surface area contributed by atoms with Crippen molar-refractivity contribution in [3.05, 3.63) is 27.1 Å². The highest BCUT2D eigenvalue weighted by Gasteiger charge is 2.14. The van der Waals surface area contributed by atoms with Crippen LogP contribution in [0.3, 0.4) is 0 Å². The van der Waals surface area contributed by atoms with Crippen molar-refractivity contribution >= 4 is 21.6 Å². The third-order valence-electron chi connectivity index (χ3n) is 3.28. The molecule has 0 aliphatic heterocycles. The van der Waals surface area contributed by atoms with Crippen LogP contribution in [-0.4, -0.2) is 22.6 Å². The highest BCUT2D eigenvalue weighted by atomic mass is 32.1. The number of aryl methyl sites for hydroxylation is 2. The smallest absolute Gasteiger partial charge is 0.262 e. The summed E-state index contributed by atoms with van der Waals surface area (Å²) in [5.74, 6) is 0. The Kier molecular flexibility index (Phi) is 3.82. The first-order valence-electron chi connectivity index (χ1n) is 6.23. The maximum absolute atomic E-state index is 12.5. The zero-order chi connectivity index (χ0) is 13.3. The lowest BCUT2D eigenvalue weighted by Crippen LogP contribution is -2.30. The molecule has 2 aromatic heterocycles. The van der Waals surface area contributed by atoms with Gasteiger partial charge in [-0.3, -0.25) is 9.36 Å². The summed E-state index contributed by atoms with van der Waals surface area (Å²) in [6, 6.07) is 0.119. The summed E-state index contributed by atoms with van der Waals surface area (Å²) in [5.41, 5.74) is 1.14. The first-order valence-corrected chi connectivity index (χ1v) is 7.05. The van der Waals surface area contributed by atoms with Gasteiger partial charge < -0.3 is 5.32 Å². The molecule has 0 spiro atoms. The molecule has 1 atom stereocenters. The number of nitrogens with zero attached hydrogens (tertiary/aromatic N) is 2. The molecule has 0 radical (unpaired) electrons. The molecule has 0 saturated heterocycles. The topological polar surface area (TPSA) is 46.9 Å². The van der Waals surface area contributed by atoms with Crippen molar-refractivity contribution < 1.29 is 0 Å². The second-order valence-corrected chi connectivity index (χ2v) is 5.78. The van der Waals surface area contributed by atoms with Crippen molar-refractivity contribution in [1.29, 1.82) is 0 Å². The van der Waals surface area contributed by atoms with Crippen LogP contribution in [0.25, 0.3) is 10.2 Å². The summed E-state index contributed by atoms with van der Waals surface area (Å²) in [5, 5.41) is 4.04. The molecule has 0 aromatic carbocycles. The van der Waals surface area contributed by atoms with E-state index in [9.17, 15) is 4.79 Å². The largest absolute Gasteiger partial charge is 0.315 e. The van der Waals surface area contributed by atoms with Crippen LogP contribution in [0.15, 0.2) is 11.1 Å². The number of fused-ring (bicyclic) bond motifs is 1. The summed E-state index contributed by atoms with van der Waals surface area (Å²) in [4.78, 5) is 18.9. The van der Waals surface area contributed by atoms with E-state index in [1.54, 1.807) is 22.2 Å². The number of likely N-dealkylation sites (N-methyl/N-ethyl adjacent to an activating group) is 1. The Morgan fingerprint density at radius 3 is 2.89 bits per heavy atom. The molecular formula is C13H19N3OS. The Labute approximate surface area is 111 Å². The van der Waals surface area contributed by atoms with Crippen molar-refractivity contribution in [2.45, 2.75) is 33.7 Å². The van der Waals surface area contributed by atoms with Gasteiger partial charge in [0.2, 0.25) is 0 Å². The Bertz CT molecular complexity index is 614. The van der Waals surface area contributed by atoms with Gasteiger partial charge in [-0.15, -0.1) is 11.3 Å². The van der Waals surface area contributed by atoms with Gasteiger partial charge in [-0.2, -0.15) is 0 Å². The van der Waals surface area contributed by atoms with E-state index in [4.69, 9.17) is 0 Å². The van der Waals surface area contributed by atoms with Crippen LogP contribution in [-0.2, 0) is 0 Å². The van der Waals surface area contributed by atoms with Crippen molar-refractivity contribution in [2.75, 3.05) is 13.1 Å². The average molecular weight is 265 g/mol. The molecule has 0 fully saturated rings. The molecule has 4 nitrogen and oxygen atoms in total. The second-order valence-electron chi connectivity index (χ2n) is 4.58. The van der Waals surface area contributed by atoms with Crippen molar-refractivity contribution in [2.24, 2.45) is 0 Å². The Hall–Kier alpha value is -1.20. The first-order chi connectivity index (χ1) is 8.56. The predicted octanol–water partition coefficient (Wildman–Crippen LogP) is 2.25. The summed E-state index contributed by atoms with van der Waals surface area (Å²) in [7, 11) is 0. The van der Waals surface area contributed by atoms with Crippen LogP contribution < -0.4 is 10.9 Å². The zero-order valence-corrected chi connectivity index (χ0v) is 12.1. The molecule has 5 heteroatoms. The normalized spacial score (nSPS) is 13.1. The minimum Gasteiger partial charge on any atom is -0.315 e. The second kappa shape index (κ2) is 5.20. The fourth-order valence-corrected chi connectivity index (χ4v) is 3.00. The number of hydrogen-bond acceptors (Lipinski definition) is 4. The molecule has 18 heavy (non-hydrogen) atoms. The zero-order valence-electron chi connectivity index (χ0n) is 11.3. The van der Waals surface area contributed by atoms with Gasteiger partial charge in [0.15, 0.2) is 0 Å². The molecule has 0 aliphatic carbocycles. The third kappa shape index (κ3) is 2.20. The molecular weight excluding hydrogens is 246 g/mol. The van der Waals surface area contributed by atoms with E-state index in [-0.39, 0.29) is 11.6 Å². The minimum absolute atomic E-state index is 0.0762. The third-order valence-corrected chi connectivity index (χ3v) is 4.39. The summed E-state index contributed by atoms with van der Waals surface area (Å²) in [6.07, 6.45) is 1.67. The van der Waals surface area contributed by atoms with Gasteiger partial charge in [-0.05, 0) is 32.9 Å². The molecule has 1 N–H and O–H groups in total. The quantitative estimate of drug-likeness (QED) is 0.922. The molecule has 1 unspecified atom stereocenters. The lowest BCUT2D eigenvalue weighted by Gasteiger charge is -2.14. The van der Waals surface area contributed by atoms with Crippen LogP contribution in [0, 0.1) is 13.8 Å². The van der Waals surface area contributed by atoms with E-state index in [0.29, 0.717) is 0 Å². The lowest BCUT2D eigenvalue weighted by atomic mass is 10.2. The summed E-state index contributed by atoms with van der Waals surface area (Å²) < 4.78 is 1.73. The molecule has 2 heterocycles. The van der Waals surface area contributed by atoms with Crippen molar-refractivity contribution in [3.8, 4) is 0 Å². The number of thiophene rings is 1. The standard InChI is InChI=1S/C13H19N3OS/c1-5-14-6-8(2)16-7-15-12-11(13(16)17)9(3)10(4)18-12/h7-8,14H,5-6H2,1-4H3. The van der Waals surface area contributed by atoms with Crippen molar-refractivity contribution in [1.82, 2.24) is 14.9 Å². The summed E-state index contributed by atoms with van der Waals surface area (Å²) in [6.45, 7) is 9.82. The van der Waals surface area contributed by atoms with Crippen LogP contribution in [0.5, 0.6) is 0 Å². The molecule has 0 bridgehead atoms. The van der Waals surface area contributed by atoms with E-state index in [1.807, 2.05) is 20.8 Å². The molecule has 2 aromatic rings. The van der Waals surface area contributed by atoms with Gasteiger partial charge in [0.05, 0.1) is 11.7 Å². The monoisotopic (exact) mass is 265 g/mol. The highest BCUT2D eigenvalue weighted by Crippen LogP contribution is 2.25. The van der Waals surface area contributed by atoms with Crippen molar-refractivity contribution in [3.63, 3.8) is 0 Å². The van der Waals surface area contributed by atoms with Crippen LogP contribution in [0.2, 0.25) is 0 Å². The van der Waals surface area contributed by atoms with E-state index in [0.717, 1.165) is 28.9 Å². The maximum atomic E-state index is 12.5. The Morgan fingerprint density at radius 1 is 1.50 bits per heavy atom. The predicted molar refractivity (Wildman–Crippen MR) is 76.6 cm³/mol. The number of hydrogen-bond donors (Lipinski definition) is 1. The molecule has 0 amide bonds. The van der Waals surface area contributed by atoms with E-state index in [2.05, 4.69) is 17.2 Å². The number of aromatic nitrogens is 2. The van der Waals surface area contributed by atoms with Gasteiger partial charge in [0.1, 0.15) is 4.83 Å². The van der Waals surface area contributed by atoms with E-state index < -0.39 is 0 Å². The fourth-order valence-electron chi connectivity index (χ4n) is 2.01. The van der Waals surface area contributed by atoms with Crippen LogP contribution in [0.1, 0.15) is 30.3 Å². The van der Waals surface area contributed by atoms with Gasteiger partial charge >= 0.3 is 0 Å². The van der Waals surface area contributed by atoms with Gasteiger partial charge in [-0.1, -0.05) is 6.92 Å². The minimum atomic E-state index is 0.0762. The maximum Gasteiger partial charge on any atom is 0.262 e. The fraction of sp³-hybridized carbons (Fsp3) is 0.538. The number of nitrogens with one attached hydrogen (secondary N) is 1. The first kappa shape index (κ1) is 13.2. The van der Waals surface area contributed by atoms with Crippen LogP contribution in [0.4, 0.5) is 0 Å². The molecule has 0 aliphatic rings.